The molecule has 1 aromatic heterocycles. The summed E-state index contributed by atoms with van der Waals surface area (Å²) >= 11 is 5.86. The topological polar surface area (TPSA) is 52.0 Å². The van der Waals surface area contributed by atoms with Crippen molar-refractivity contribution in [2.24, 2.45) is 11.8 Å². The van der Waals surface area contributed by atoms with Gasteiger partial charge in [-0.1, -0.05) is 28.9 Å². The summed E-state index contributed by atoms with van der Waals surface area (Å²) in [4.78, 5) is 0. The molecule has 0 radical (unpaired) electrons. The van der Waals surface area contributed by atoms with Crippen molar-refractivity contribution in [3.63, 3.8) is 0 Å². The van der Waals surface area contributed by atoms with Crippen molar-refractivity contribution in [2.75, 3.05) is 5.73 Å². The number of benzene rings is 1. The maximum atomic E-state index is 14.2. The molecule has 2 atom stereocenters. The molecule has 5 heteroatoms. The Morgan fingerprint density at radius 1 is 1.25 bits per heavy atom. The normalized spacial score (nSPS) is 27.6. The lowest BCUT2D eigenvalue weighted by atomic mass is 9.94. The fourth-order valence-corrected chi connectivity index (χ4v) is 3.67. The third-order valence-corrected chi connectivity index (χ3v) is 4.87. The molecule has 4 rings (SSSR count). The van der Waals surface area contributed by atoms with Gasteiger partial charge in [0.15, 0.2) is 5.82 Å². The van der Waals surface area contributed by atoms with Crippen molar-refractivity contribution in [1.29, 1.82) is 0 Å². The highest BCUT2D eigenvalue weighted by Crippen LogP contribution is 2.58. The Balaban J connectivity index is 1.81. The largest absolute Gasteiger partial charge is 0.380 e. The second kappa shape index (κ2) is 4.22. The zero-order chi connectivity index (χ0) is 13.9. The van der Waals surface area contributed by atoms with Crippen LogP contribution in [0.5, 0.6) is 0 Å². The van der Waals surface area contributed by atoms with E-state index < -0.39 is 5.82 Å². The number of aromatic nitrogens is 1. The molecule has 0 spiro atoms. The first-order chi connectivity index (χ1) is 9.65. The van der Waals surface area contributed by atoms with Crippen molar-refractivity contribution in [3.05, 3.63) is 34.8 Å². The molecule has 2 aliphatic carbocycles. The van der Waals surface area contributed by atoms with Gasteiger partial charge >= 0.3 is 0 Å². The molecule has 2 fully saturated rings. The predicted octanol–water partition coefficient (Wildman–Crippen LogP) is 4.23. The van der Waals surface area contributed by atoms with Gasteiger partial charge in [-0.3, -0.25) is 0 Å². The van der Waals surface area contributed by atoms with Gasteiger partial charge in [0.05, 0.1) is 10.6 Å². The van der Waals surface area contributed by atoms with Crippen LogP contribution < -0.4 is 5.73 Å². The Labute approximate surface area is 120 Å². The molecule has 1 heterocycles. The molecule has 0 bridgehead atoms. The van der Waals surface area contributed by atoms with Crippen molar-refractivity contribution in [2.45, 2.75) is 25.2 Å². The Morgan fingerprint density at radius 2 is 2.00 bits per heavy atom. The zero-order valence-corrected chi connectivity index (χ0v) is 11.5. The average Bonchev–Trinajstić information content (AvgIpc) is 2.86. The van der Waals surface area contributed by atoms with Crippen LogP contribution in [0.15, 0.2) is 22.7 Å². The smallest absolute Gasteiger partial charge is 0.175 e. The number of anilines is 1. The lowest BCUT2D eigenvalue weighted by Gasteiger charge is -2.11. The van der Waals surface area contributed by atoms with Crippen molar-refractivity contribution in [3.8, 4) is 11.1 Å². The first-order valence-electron chi connectivity index (χ1n) is 6.84. The van der Waals surface area contributed by atoms with E-state index in [4.69, 9.17) is 21.9 Å². The molecule has 0 aliphatic heterocycles. The second-order valence-electron chi connectivity index (χ2n) is 5.83. The van der Waals surface area contributed by atoms with Gasteiger partial charge in [-0.15, -0.1) is 0 Å². The van der Waals surface area contributed by atoms with E-state index in [-0.39, 0.29) is 10.8 Å². The van der Waals surface area contributed by atoms with E-state index in [9.17, 15) is 4.39 Å². The Bertz CT molecular complexity index is 675. The van der Waals surface area contributed by atoms with Gasteiger partial charge in [0, 0.05) is 11.5 Å². The SMILES string of the molecule is Nc1noc(C2CC3CC3C2)c1-c1cccc(Cl)c1F. The molecule has 0 saturated heterocycles. The maximum absolute atomic E-state index is 14.2. The fraction of sp³-hybridized carbons (Fsp3) is 0.400. The van der Waals surface area contributed by atoms with Crippen LogP contribution in [-0.2, 0) is 0 Å². The molecule has 2 aliphatic rings. The van der Waals surface area contributed by atoms with Crippen LogP contribution in [0.25, 0.3) is 11.1 Å². The summed E-state index contributed by atoms with van der Waals surface area (Å²) in [5.41, 5.74) is 6.85. The Morgan fingerprint density at radius 3 is 2.75 bits per heavy atom. The second-order valence-corrected chi connectivity index (χ2v) is 6.24. The Hall–Kier alpha value is -1.55. The molecule has 2 unspecified atom stereocenters. The van der Waals surface area contributed by atoms with E-state index in [2.05, 4.69) is 5.16 Å². The van der Waals surface area contributed by atoms with Crippen molar-refractivity contribution in [1.82, 2.24) is 5.16 Å². The van der Waals surface area contributed by atoms with E-state index in [1.807, 2.05) is 0 Å². The molecule has 0 amide bonds. The summed E-state index contributed by atoms with van der Waals surface area (Å²) in [6.45, 7) is 0. The number of nitrogens with zero attached hydrogens (tertiary/aromatic N) is 1. The van der Waals surface area contributed by atoms with Gasteiger partial charge in [0.2, 0.25) is 0 Å². The van der Waals surface area contributed by atoms with Gasteiger partial charge in [0.25, 0.3) is 0 Å². The minimum absolute atomic E-state index is 0.0864. The van der Waals surface area contributed by atoms with Crippen LogP contribution >= 0.6 is 11.6 Å². The van der Waals surface area contributed by atoms with Crippen LogP contribution in [-0.4, -0.2) is 5.16 Å². The molecule has 3 nitrogen and oxygen atoms in total. The molecule has 2 aromatic rings. The van der Waals surface area contributed by atoms with Crippen molar-refractivity contribution < 1.29 is 8.91 Å². The van der Waals surface area contributed by atoms with E-state index >= 15 is 0 Å². The first-order valence-corrected chi connectivity index (χ1v) is 7.22. The van der Waals surface area contributed by atoms with Crippen LogP contribution in [0.1, 0.15) is 30.9 Å². The number of rotatable bonds is 2. The Kier molecular flexibility index (Phi) is 2.58. The van der Waals surface area contributed by atoms with Crippen molar-refractivity contribution >= 4 is 17.4 Å². The van der Waals surface area contributed by atoms with E-state index in [1.165, 1.54) is 12.5 Å². The third kappa shape index (κ3) is 1.74. The standard InChI is InChI=1S/C15H14ClFN2O/c16-11-3-1-2-10(13(11)17)12-14(20-19-15(12)18)9-5-7-4-8(7)6-9/h1-3,7-9H,4-6H2,(H2,18,19). The molecular formula is C15H14ClFN2O. The summed E-state index contributed by atoms with van der Waals surface area (Å²) in [6, 6.07) is 4.90. The number of hydrogen-bond donors (Lipinski definition) is 1. The number of nitrogens with two attached hydrogens (primary N) is 1. The molecule has 104 valence electrons. The quantitative estimate of drug-likeness (QED) is 0.901. The van der Waals surface area contributed by atoms with Gasteiger partial charge in [-0.05, 0) is 37.2 Å². The summed E-state index contributed by atoms with van der Waals surface area (Å²) in [7, 11) is 0. The molecular weight excluding hydrogens is 279 g/mol. The van der Waals surface area contributed by atoms with E-state index in [0.717, 1.165) is 30.4 Å². The summed E-state index contributed by atoms with van der Waals surface area (Å²) in [5.74, 6) is 2.41. The molecule has 20 heavy (non-hydrogen) atoms. The molecule has 2 saturated carbocycles. The fourth-order valence-electron chi connectivity index (χ4n) is 3.49. The minimum atomic E-state index is -0.464. The van der Waals surface area contributed by atoms with Gasteiger partial charge < -0.3 is 10.3 Å². The number of halogens is 2. The minimum Gasteiger partial charge on any atom is -0.380 e. The highest BCUT2D eigenvalue weighted by Gasteiger charge is 2.48. The highest BCUT2D eigenvalue weighted by atomic mass is 35.5. The summed E-state index contributed by atoms with van der Waals surface area (Å²) in [5, 5.41) is 3.93. The highest BCUT2D eigenvalue weighted by molar-refractivity contribution is 6.31. The molecule has 1 aromatic carbocycles. The van der Waals surface area contributed by atoms with Gasteiger partial charge in [-0.25, -0.2) is 4.39 Å². The first kappa shape index (κ1) is 12.2. The third-order valence-electron chi connectivity index (χ3n) is 4.58. The van der Waals surface area contributed by atoms with Crippen LogP contribution in [0.4, 0.5) is 10.2 Å². The van der Waals surface area contributed by atoms with Gasteiger partial charge in [-0.2, -0.15) is 0 Å². The number of fused-ring (bicyclic) bond motifs is 1. The lowest BCUT2D eigenvalue weighted by molar-refractivity contribution is 0.356. The monoisotopic (exact) mass is 292 g/mol. The number of hydrogen-bond acceptors (Lipinski definition) is 3. The van der Waals surface area contributed by atoms with Crippen LogP contribution in [0.2, 0.25) is 5.02 Å². The summed E-state index contributed by atoms with van der Waals surface area (Å²) < 4.78 is 19.7. The van der Waals surface area contributed by atoms with Crippen LogP contribution in [0, 0.1) is 17.7 Å². The van der Waals surface area contributed by atoms with Gasteiger partial charge in [0.1, 0.15) is 11.6 Å². The average molecular weight is 293 g/mol. The van der Waals surface area contributed by atoms with E-state index in [1.54, 1.807) is 12.1 Å². The molecule has 2 N–H and O–H groups in total. The van der Waals surface area contributed by atoms with Crippen LogP contribution in [0.3, 0.4) is 0 Å². The maximum Gasteiger partial charge on any atom is 0.175 e. The summed E-state index contributed by atoms with van der Waals surface area (Å²) in [6.07, 6.45) is 3.50. The number of nitrogen functional groups attached to an aromatic ring is 1. The predicted molar refractivity (Wildman–Crippen MR) is 74.9 cm³/mol. The zero-order valence-electron chi connectivity index (χ0n) is 10.8. The lowest BCUT2D eigenvalue weighted by Crippen LogP contribution is -1.99. The van der Waals surface area contributed by atoms with E-state index in [0.29, 0.717) is 17.0 Å².